The number of piperidine rings is 1. The molecule has 1 saturated heterocycles. The maximum Gasteiger partial charge on any atom is 0.0695 e. The first kappa shape index (κ1) is 12.2. The van der Waals surface area contributed by atoms with Crippen LogP contribution in [0.4, 0.5) is 0 Å². The van der Waals surface area contributed by atoms with Gasteiger partial charge >= 0.3 is 0 Å². The van der Waals surface area contributed by atoms with E-state index < -0.39 is 0 Å². The maximum atomic E-state index is 10.2. The van der Waals surface area contributed by atoms with Gasteiger partial charge in [0.15, 0.2) is 0 Å². The fourth-order valence-electron chi connectivity index (χ4n) is 3.51. The lowest BCUT2D eigenvalue weighted by molar-refractivity contribution is 0.000610. The molecule has 1 saturated carbocycles. The lowest BCUT2D eigenvalue weighted by Crippen LogP contribution is -2.49. The van der Waals surface area contributed by atoms with Crippen molar-refractivity contribution in [1.82, 2.24) is 14.7 Å². The standard InChI is InChI=1S/C14H23N3O/c18-14-7-2-1-6-13(14)16-9-3-5-12(11-16)17-10-4-8-15-17/h4,8,10,12-14,18H,1-3,5-7,9,11H2. The second-order valence-corrected chi connectivity index (χ2v) is 5.70. The molecule has 1 aromatic rings. The molecule has 0 aromatic carbocycles. The van der Waals surface area contributed by atoms with Gasteiger partial charge in [0, 0.05) is 25.0 Å². The van der Waals surface area contributed by atoms with E-state index in [0.29, 0.717) is 12.1 Å². The normalized spacial score (nSPS) is 34.6. The third-order valence-electron chi connectivity index (χ3n) is 4.49. The molecule has 0 amide bonds. The molecule has 0 radical (unpaired) electrons. The van der Waals surface area contributed by atoms with E-state index in [1.165, 1.54) is 25.7 Å². The van der Waals surface area contributed by atoms with Crippen molar-refractivity contribution in [3.63, 3.8) is 0 Å². The van der Waals surface area contributed by atoms with Crippen LogP contribution >= 0.6 is 0 Å². The molecule has 4 heteroatoms. The molecule has 1 N–H and O–H groups in total. The van der Waals surface area contributed by atoms with Crippen molar-refractivity contribution in [1.29, 1.82) is 0 Å². The summed E-state index contributed by atoms with van der Waals surface area (Å²) in [4.78, 5) is 2.50. The number of rotatable bonds is 2. The summed E-state index contributed by atoms with van der Waals surface area (Å²) in [5.41, 5.74) is 0. The maximum absolute atomic E-state index is 10.2. The molecule has 1 aliphatic heterocycles. The second kappa shape index (κ2) is 5.41. The highest BCUT2D eigenvalue weighted by Crippen LogP contribution is 2.28. The van der Waals surface area contributed by atoms with Crippen LogP contribution in [-0.4, -0.2) is 45.0 Å². The third-order valence-corrected chi connectivity index (χ3v) is 4.49. The Kier molecular flexibility index (Phi) is 3.66. The summed E-state index contributed by atoms with van der Waals surface area (Å²) in [7, 11) is 0. The second-order valence-electron chi connectivity index (χ2n) is 5.70. The number of aliphatic hydroxyl groups is 1. The molecule has 0 bridgehead atoms. The summed E-state index contributed by atoms with van der Waals surface area (Å²) in [6, 6.07) is 2.87. The molecule has 0 spiro atoms. The summed E-state index contributed by atoms with van der Waals surface area (Å²) >= 11 is 0. The quantitative estimate of drug-likeness (QED) is 0.869. The first-order valence-corrected chi connectivity index (χ1v) is 7.26. The summed E-state index contributed by atoms with van der Waals surface area (Å²) < 4.78 is 2.08. The Bertz CT molecular complexity index is 365. The first-order valence-electron chi connectivity index (χ1n) is 7.26. The molecule has 2 fully saturated rings. The Morgan fingerprint density at radius 3 is 2.78 bits per heavy atom. The van der Waals surface area contributed by atoms with Gasteiger partial charge in [-0.2, -0.15) is 5.10 Å². The lowest BCUT2D eigenvalue weighted by atomic mass is 9.89. The summed E-state index contributed by atoms with van der Waals surface area (Å²) in [6.45, 7) is 2.18. The van der Waals surface area contributed by atoms with Crippen molar-refractivity contribution in [2.75, 3.05) is 13.1 Å². The average molecular weight is 249 g/mol. The third kappa shape index (κ3) is 2.45. The zero-order valence-corrected chi connectivity index (χ0v) is 10.9. The van der Waals surface area contributed by atoms with Gasteiger partial charge in [0.05, 0.1) is 12.1 Å². The van der Waals surface area contributed by atoms with Crippen LogP contribution in [-0.2, 0) is 0 Å². The van der Waals surface area contributed by atoms with Crippen molar-refractivity contribution in [2.45, 2.75) is 56.7 Å². The van der Waals surface area contributed by atoms with Crippen LogP contribution in [0.3, 0.4) is 0 Å². The van der Waals surface area contributed by atoms with Gasteiger partial charge in [-0.05, 0) is 38.3 Å². The molecule has 4 nitrogen and oxygen atoms in total. The highest BCUT2D eigenvalue weighted by molar-refractivity contribution is 4.89. The van der Waals surface area contributed by atoms with Crippen molar-refractivity contribution in [3.8, 4) is 0 Å². The van der Waals surface area contributed by atoms with E-state index >= 15 is 0 Å². The molecule has 3 atom stereocenters. The van der Waals surface area contributed by atoms with E-state index in [0.717, 1.165) is 25.9 Å². The number of nitrogens with zero attached hydrogens (tertiary/aromatic N) is 3. The van der Waals surface area contributed by atoms with E-state index in [9.17, 15) is 5.11 Å². The van der Waals surface area contributed by atoms with Crippen molar-refractivity contribution < 1.29 is 5.11 Å². The average Bonchev–Trinajstić information content (AvgIpc) is 2.93. The minimum absolute atomic E-state index is 0.116. The fourth-order valence-corrected chi connectivity index (χ4v) is 3.51. The number of likely N-dealkylation sites (tertiary alicyclic amines) is 1. The van der Waals surface area contributed by atoms with Crippen LogP contribution in [0.15, 0.2) is 18.5 Å². The van der Waals surface area contributed by atoms with Crippen molar-refractivity contribution in [2.24, 2.45) is 0 Å². The monoisotopic (exact) mass is 249 g/mol. The van der Waals surface area contributed by atoms with E-state index in [-0.39, 0.29) is 6.10 Å². The van der Waals surface area contributed by atoms with Crippen LogP contribution in [0.1, 0.15) is 44.6 Å². The molecule has 1 aromatic heterocycles. The highest BCUT2D eigenvalue weighted by Gasteiger charge is 2.32. The molecule has 2 heterocycles. The zero-order chi connectivity index (χ0) is 12.4. The number of hydrogen-bond acceptors (Lipinski definition) is 3. The predicted octanol–water partition coefficient (Wildman–Crippen LogP) is 1.82. The van der Waals surface area contributed by atoms with Crippen molar-refractivity contribution in [3.05, 3.63) is 18.5 Å². The summed E-state index contributed by atoms with van der Waals surface area (Å²) in [5.74, 6) is 0. The van der Waals surface area contributed by atoms with Gasteiger partial charge in [-0.25, -0.2) is 0 Å². The number of aromatic nitrogens is 2. The molecule has 2 aliphatic rings. The van der Waals surface area contributed by atoms with E-state index in [4.69, 9.17) is 0 Å². The molecule has 3 rings (SSSR count). The Morgan fingerprint density at radius 1 is 1.11 bits per heavy atom. The summed E-state index contributed by atoms with van der Waals surface area (Å²) in [6.07, 6.45) is 10.8. The first-order chi connectivity index (χ1) is 8.84. The van der Waals surface area contributed by atoms with E-state index in [2.05, 4.69) is 20.9 Å². The molecular weight excluding hydrogens is 226 g/mol. The molecule has 100 valence electrons. The van der Waals surface area contributed by atoms with Crippen LogP contribution in [0.25, 0.3) is 0 Å². The van der Waals surface area contributed by atoms with Gasteiger partial charge in [0.1, 0.15) is 0 Å². The van der Waals surface area contributed by atoms with Gasteiger partial charge in [-0.1, -0.05) is 12.8 Å². The minimum Gasteiger partial charge on any atom is -0.391 e. The predicted molar refractivity (Wildman–Crippen MR) is 70.3 cm³/mol. The van der Waals surface area contributed by atoms with Gasteiger partial charge in [0.2, 0.25) is 0 Å². The van der Waals surface area contributed by atoms with Gasteiger partial charge in [-0.3, -0.25) is 9.58 Å². The van der Waals surface area contributed by atoms with E-state index in [1.807, 2.05) is 12.3 Å². The SMILES string of the molecule is OC1CCCCC1N1CCCC(n2cccn2)C1. The van der Waals surface area contributed by atoms with Gasteiger partial charge in [0.25, 0.3) is 0 Å². The van der Waals surface area contributed by atoms with Gasteiger partial charge in [-0.15, -0.1) is 0 Å². The molecule has 18 heavy (non-hydrogen) atoms. The molecule has 3 unspecified atom stereocenters. The topological polar surface area (TPSA) is 41.3 Å². The smallest absolute Gasteiger partial charge is 0.0695 e. The summed E-state index contributed by atoms with van der Waals surface area (Å²) in [5, 5.41) is 14.5. The van der Waals surface area contributed by atoms with Crippen LogP contribution in [0, 0.1) is 0 Å². The minimum atomic E-state index is -0.116. The number of hydrogen-bond donors (Lipinski definition) is 1. The Hall–Kier alpha value is -0.870. The Morgan fingerprint density at radius 2 is 2.00 bits per heavy atom. The highest BCUT2D eigenvalue weighted by atomic mass is 16.3. The van der Waals surface area contributed by atoms with Crippen molar-refractivity contribution >= 4 is 0 Å². The largest absolute Gasteiger partial charge is 0.391 e. The van der Waals surface area contributed by atoms with E-state index in [1.54, 1.807) is 0 Å². The fraction of sp³-hybridized carbons (Fsp3) is 0.786. The Balaban J connectivity index is 1.66. The van der Waals surface area contributed by atoms with Crippen LogP contribution in [0.2, 0.25) is 0 Å². The number of aliphatic hydroxyl groups excluding tert-OH is 1. The van der Waals surface area contributed by atoms with Gasteiger partial charge < -0.3 is 5.11 Å². The molecule has 1 aliphatic carbocycles. The Labute approximate surface area is 109 Å². The molecular formula is C14H23N3O. The lowest BCUT2D eigenvalue weighted by Gasteiger charge is -2.42. The zero-order valence-electron chi connectivity index (χ0n) is 10.9. The van der Waals surface area contributed by atoms with Crippen LogP contribution < -0.4 is 0 Å². The van der Waals surface area contributed by atoms with Crippen LogP contribution in [0.5, 0.6) is 0 Å².